The highest BCUT2D eigenvalue weighted by Crippen LogP contribution is 2.23. The van der Waals surface area contributed by atoms with E-state index in [0.717, 1.165) is 12.8 Å². The first-order valence-electron chi connectivity index (χ1n) is 6.95. The van der Waals surface area contributed by atoms with Crippen LogP contribution in [0.15, 0.2) is 0 Å². The Morgan fingerprint density at radius 1 is 1.16 bits per heavy atom. The quantitative estimate of drug-likeness (QED) is 0.797. The zero-order valence-corrected chi connectivity index (χ0v) is 12.5. The summed E-state index contributed by atoms with van der Waals surface area (Å²) in [5.74, 6) is 0.0689. The second kappa shape index (κ2) is 6.05. The van der Waals surface area contributed by atoms with Crippen LogP contribution in [-0.2, 0) is 14.9 Å². The summed E-state index contributed by atoms with van der Waals surface area (Å²) in [6.45, 7) is 5.65. The minimum Gasteiger partial charge on any atom is -0.396 e. The van der Waals surface area contributed by atoms with Crippen LogP contribution in [0.2, 0.25) is 0 Å². The summed E-state index contributed by atoms with van der Waals surface area (Å²) in [5, 5.41) is 9.21. The van der Waals surface area contributed by atoms with E-state index in [1.165, 1.54) is 8.61 Å². The zero-order chi connectivity index (χ0) is 14.0. The van der Waals surface area contributed by atoms with Crippen molar-refractivity contribution in [3.63, 3.8) is 0 Å². The third-order valence-electron chi connectivity index (χ3n) is 3.78. The summed E-state index contributed by atoms with van der Waals surface area (Å²) >= 11 is 0. The lowest BCUT2D eigenvalue weighted by Gasteiger charge is -2.39. The molecule has 1 N–H and O–H groups in total. The van der Waals surface area contributed by atoms with E-state index in [4.69, 9.17) is 4.74 Å². The van der Waals surface area contributed by atoms with E-state index < -0.39 is 10.2 Å². The van der Waals surface area contributed by atoms with Crippen LogP contribution in [0.4, 0.5) is 0 Å². The highest BCUT2D eigenvalue weighted by atomic mass is 32.2. The molecule has 0 aromatic carbocycles. The number of piperidine rings is 1. The molecule has 2 aliphatic rings. The summed E-state index contributed by atoms with van der Waals surface area (Å²) in [7, 11) is -3.42. The van der Waals surface area contributed by atoms with Gasteiger partial charge >= 0.3 is 0 Å². The van der Waals surface area contributed by atoms with Crippen LogP contribution in [0.3, 0.4) is 0 Å². The van der Waals surface area contributed by atoms with E-state index in [2.05, 4.69) is 0 Å². The van der Waals surface area contributed by atoms with Crippen LogP contribution in [0.5, 0.6) is 0 Å². The van der Waals surface area contributed by atoms with Crippen LogP contribution in [-0.4, -0.2) is 67.1 Å². The Morgan fingerprint density at radius 2 is 1.79 bits per heavy atom. The second-order valence-electron chi connectivity index (χ2n) is 5.63. The van der Waals surface area contributed by atoms with Crippen molar-refractivity contribution in [1.82, 2.24) is 8.61 Å². The molecule has 0 spiro atoms. The molecule has 0 aromatic heterocycles. The van der Waals surface area contributed by atoms with Gasteiger partial charge in [0.25, 0.3) is 10.2 Å². The molecule has 0 saturated carbocycles. The normalized spacial score (nSPS) is 35.4. The van der Waals surface area contributed by atoms with Gasteiger partial charge in [0.15, 0.2) is 0 Å². The predicted octanol–water partition coefficient (Wildman–Crippen LogP) is 0.0447. The van der Waals surface area contributed by atoms with E-state index in [-0.39, 0.29) is 24.7 Å². The van der Waals surface area contributed by atoms with Crippen molar-refractivity contribution < 1.29 is 18.3 Å². The fourth-order valence-electron chi connectivity index (χ4n) is 2.87. The van der Waals surface area contributed by atoms with Crippen molar-refractivity contribution in [2.45, 2.75) is 38.9 Å². The zero-order valence-electron chi connectivity index (χ0n) is 11.7. The SMILES string of the molecule is C[C@@H]1CN(S(=O)(=O)N2CCCC(CO)C2)C[C@H](C)O1. The Hall–Kier alpha value is -0.210. The van der Waals surface area contributed by atoms with Gasteiger partial charge in [-0.2, -0.15) is 17.0 Å². The molecule has 0 aromatic rings. The lowest BCUT2D eigenvalue weighted by atomic mass is 10.0. The summed E-state index contributed by atoms with van der Waals surface area (Å²) in [6, 6.07) is 0. The van der Waals surface area contributed by atoms with E-state index in [0.29, 0.717) is 26.2 Å². The molecule has 6 nitrogen and oxygen atoms in total. The van der Waals surface area contributed by atoms with Gasteiger partial charge < -0.3 is 9.84 Å². The van der Waals surface area contributed by atoms with Crippen molar-refractivity contribution >= 4 is 10.2 Å². The Kier molecular flexibility index (Phi) is 4.84. The number of rotatable bonds is 3. The van der Waals surface area contributed by atoms with Gasteiger partial charge in [-0.05, 0) is 32.6 Å². The summed E-state index contributed by atoms with van der Waals surface area (Å²) in [5.41, 5.74) is 0. The lowest BCUT2D eigenvalue weighted by molar-refractivity contribution is -0.0458. The first-order chi connectivity index (χ1) is 8.93. The predicted molar refractivity (Wildman–Crippen MR) is 71.9 cm³/mol. The smallest absolute Gasteiger partial charge is 0.282 e. The summed E-state index contributed by atoms with van der Waals surface area (Å²) < 4.78 is 33.8. The summed E-state index contributed by atoms with van der Waals surface area (Å²) in [4.78, 5) is 0. The number of nitrogens with zero attached hydrogens (tertiary/aromatic N) is 2. The molecule has 2 heterocycles. The van der Waals surface area contributed by atoms with Crippen molar-refractivity contribution in [3.8, 4) is 0 Å². The molecule has 2 rings (SSSR count). The Balaban J connectivity index is 2.08. The number of hydrogen-bond acceptors (Lipinski definition) is 4. The van der Waals surface area contributed by atoms with Gasteiger partial charge in [-0.1, -0.05) is 0 Å². The van der Waals surface area contributed by atoms with Gasteiger partial charge in [0.05, 0.1) is 12.2 Å². The third kappa shape index (κ3) is 3.46. The van der Waals surface area contributed by atoms with Crippen LogP contribution < -0.4 is 0 Å². The van der Waals surface area contributed by atoms with Gasteiger partial charge in [0.2, 0.25) is 0 Å². The fourth-order valence-corrected chi connectivity index (χ4v) is 4.75. The van der Waals surface area contributed by atoms with E-state index in [9.17, 15) is 13.5 Å². The molecule has 2 aliphatic heterocycles. The number of hydrogen-bond donors (Lipinski definition) is 1. The topological polar surface area (TPSA) is 70.1 Å². The van der Waals surface area contributed by atoms with Gasteiger partial charge in [-0.25, -0.2) is 0 Å². The van der Waals surface area contributed by atoms with Crippen molar-refractivity contribution in [2.24, 2.45) is 5.92 Å². The van der Waals surface area contributed by atoms with Gasteiger partial charge in [0.1, 0.15) is 0 Å². The number of ether oxygens (including phenoxy) is 1. The second-order valence-corrected chi connectivity index (χ2v) is 7.56. The van der Waals surface area contributed by atoms with Gasteiger partial charge in [-0.15, -0.1) is 0 Å². The number of morpholine rings is 1. The van der Waals surface area contributed by atoms with E-state index >= 15 is 0 Å². The molecule has 0 amide bonds. The minimum absolute atomic E-state index is 0.0575. The molecule has 19 heavy (non-hydrogen) atoms. The highest BCUT2D eigenvalue weighted by molar-refractivity contribution is 7.86. The van der Waals surface area contributed by atoms with Crippen molar-refractivity contribution in [3.05, 3.63) is 0 Å². The highest BCUT2D eigenvalue weighted by Gasteiger charge is 2.37. The molecule has 0 radical (unpaired) electrons. The lowest BCUT2D eigenvalue weighted by Crippen LogP contribution is -2.54. The molecule has 0 bridgehead atoms. The molecule has 0 aliphatic carbocycles. The molecular weight excluding hydrogens is 268 g/mol. The number of aliphatic hydroxyl groups is 1. The van der Waals surface area contributed by atoms with E-state index in [1.807, 2.05) is 13.8 Å². The monoisotopic (exact) mass is 292 g/mol. The summed E-state index contributed by atoms with van der Waals surface area (Å²) in [6.07, 6.45) is 1.58. The maximum absolute atomic E-state index is 12.6. The molecule has 2 saturated heterocycles. The number of aliphatic hydroxyl groups excluding tert-OH is 1. The first-order valence-corrected chi connectivity index (χ1v) is 8.34. The van der Waals surface area contributed by atoms with Crippen LogP contribution in [0, 0.1) is 5.92 Å². The van der Waals surface area contributed by atoms with Crippen molar-refractivity contribution in [2.75, 3.05) is 32.8 Å². The Labute approximate surface area is 115 Å². The average molecular weight is 292 g/mol. The van der Waals surface area contributed by atoms with Crippen LogP contribution in [0.25, 0.3) is 0 Å². The third-order valence-corrected chi connectivity index (χ3v) is 5.71. The van der Waals surface area contributed by atoms with Gasteiger partial charge in [0, 0.05) is 32.8 Å². The minimum atomic E-state index is -3.42. The molecule has 112 valence electrons. The van der Waals surface area contributed by atoms with Gasteiger partial charge in [-0.3, -0.25) is 0 Å². The first kappa shape index (κ1) is 15.2. The molecule has 2 fully saturated rings. The largest absolute Gasteiger partial charge is 0.396 e. The maximum Gasteiger partial charge on any atom is 0.282 e. The van der Waals surface area contributed by atoms with Crippen molar-refractivity contribution in [1.29, 1.82) is 0 Å². The molecular formula is C12H24N2O4S. The standard InChI is InChI=1S/C12H24N2O4S/c1-10-6-14(7-11(2)18-10)19(16,17)13-5-3-4-12(8-13)9-15/h10-12,15H,3-9H2,1-2H3/t10-,11+,12?. The fraction of sp³-hybridized carbons (Fsp3) is 1.00. The average Bonchev–Trinajstić information content (AvgIpc) is 2.37. The molecule has 7 heteroatoms. The Bertz CT molecular complexity index is 391. The Morgan fingerprint density at radius 3 is 2.37 bits per heavy atom. The molecule has 1 unspecified atom stereocenters. The van der Waals surface area contributed by atoms with Crippen LogP contribution >= 0.6 is 0 Å². The maximum atomic E-state index is 12.6. The molecule has 3 atom stereocenters. The van der Waals surface area contributed by atoms with Crippen LogP contribution in [0.1, 0.15) is 26.7 Å². The van der Waals surface area contributed by atoms with E-state index in [1.54, 1.807) is 0 Å².